The molecule has 0 spiro atoms. The lowest BCUT2D eigenvalue weighted by molar-refractivity contribution is 0.357. The van der Waals surface area contributed by atoms with E-state index in [1.165, 1.54) is 11.3 Å². The number of fused-ring (bicyclic) bond motifs is 2. The first-order chi connectivity index (χ1) is 12.4. The molecule has 5 nitrogen and oxygen atoms in total. The number of hydrogen-bond acceptors (Lipinski definition) is 6. The molecule has 0 amide bonds. The summed E-state index contributed by atoms with van der Waals surface area (Å²) in [5, 5.41) is 1.93. The van der Waals surface area contributed by atoms with E-state index >= 15 is 0 Å². The number of halogens is 2. The maximum Gasteiger partial charge on any atom is 0.221 e. The van der Waals surface area contributed by atoms with Gasteiger partial charge in [-0.15, -0.1) is 11.3 Å². The highest BCUT2D eigenvalue weighted by atomic mass is 35.5. The Bertz CT molecular complexity index is 1060. The largest absolute Gasteiger partial charge is 0.491 e. The van der Waals surface area contributed by atoms with Crippen LogP contribution < -0.4 is 10.5 Å². The number of benzene rings is 1. The Labute approximate surface area is 165 Å². The van der Waals surface area contributed by atoms with Crippen molar-refractivity contribution in [2.75, 3.05) is 26.4 Å². The van der Waals surface area contributed by atoms with Crippen molar-refractivity contribution in [3.05, 3.63) is 39.2 Å². The summed E-state index contributed by atoms with van der Waals surface area (Å²) in [6, 6.07) is 3.73. The van der Waals surface area contributed by atoms with Crippen LogP contribution in [0.15, 0.2) is 18.7 Å². The average Bonchev–Trinajstić information content (AvgIpc) is 3.20. The third-order valence-corrected chi connectivity index (χ3v) is 6.01. The SMILES string of the molecule is C=C(c1cc2c(-c3c(Cl)cc(Cl)c4c3CCO4)nc(N)nc2s1)N(C)C. The third-order valence-electron chi connectivity index (χ3n) is 4.35. The molecule has 0 unspecified atom stereocenters. The van der Waals surface area contributed by atoms with Crippen molar-refractivity contribution in [3.8, 4) is 17.0 Å². The first-order valence-corrected chi connectivity index (χ1v) is 9.51. The lowest BCUT2D eigenvalue weighted by atomic mass is 10.00. The van der Waals surface area contributed by atoms with Gasteiger partial charge in [0.25, 0.3) is 0 Å². The molecule has 2 N–H and O–H groups in total. The van der Waals surface area contributed by atoms with Crippen molar-refractivity contribution in [2.45, 2.75) is 6.42 Å². The van der Waals surface area contributed by atoms with Crippen LogP contribution in [0.1, 0.15) is 10.4 Å². The van der Waals surface area contributed by atoms with Crippen LogP contribution in [0.3, 0.4) is 0 Å². The van der Waals surface area contributed by atoms with Gasteiger partial charge in [0.1, 0.15) is 10.6 Å². The fraction of sp³-hybridized carbons (Fsp3) is 0.222. The molecule has 0 saturated heterocycles. The lowest BCUT2D eigenvalue weighted by Gasteiger charge is -2.13. The molecule has 3 aromatic rings. The molecule has 0 saturated carbocycles. The van der Waals surface area contributed by atoms with Crippen molar-refractivity contribution in [1.29, 1.82) is 0 Å². The molecule has 0 aliphatic carbocycles. The average molecular weight is 407 g/mol. The summed E-state index contributed by atoms with van der Waals surface area (Å²) in [6.45, 7) is 4.69. The second-order valence-electron chi connectivity index (χ2n) is 6.22. The smallest absolute Gasteiger partial charge is 0.221 e. The Morgan fingerprint density at radius 1 is 1.27 bits per heavy atom. The van der Waals surface area contributed by atoms with Gasteiger partial charge in [-0.25, -0.2) is 9.97 Å². The molecular formula is C18H16Cl2N4OS. The summed E-state index contributed by atoms with van der Waals surface area (Å²) in [4.78, 5) is 12.7. The van der Waals surface area contributed by atoms with Gasteiger partial charge in [0.05, 0.1) is 27.2 Å². The Hall–Kier alpha value is -2.02. The van der Waals surface area contributed by atoms with E-state index in [0.717, 1.165) is 38.3 Å². The number of thiophene rings is 1. The van der Waals surface area contributed by atoms with Crippen LogP contribution in [0.25, 0.3) is 27.2 Å². The van der Waals surface area contributed by atoms with E-state index in [1.807, 2.05) is 25.1 Å². The van der Waals surface area contributed by atoms with E-state index in [-0.39, 0.29) is 5.95 Å². The van der Waals surface area contributed by atoms with Gasteiger partial charge in [-0.2, -0.15) is 0 Å². The fourth-order valence-electron chi connectivity index (χ4n) is 3.05. The molecule has 0 fully saturated rings. The van der Waals surface area contributed by atoms with Crippen LogP contribution in [-0.4, -0.2) is 35.6 Å². The highest BCUT2D eigenvalue weighted by Gasteiger charge is 2.26. The second kappa shape index (κ2) is 6.30. The number of aromatic nitrogens is 2. The number of anilines is 1. The molecule has 0 atom stereocenters. The van der Waals surface area contributed by atoms with Gasteiger partial charge < -0.3 is 15.4 Å². The van der Waals surface area contributed by atoms with Gasteiger partial charge in [0.2, 0.25) is 5.95 Å². The molecule has 2 aromatic heterocycles. The monoisotopic (exact) mass is 406 g/mol. The molecule has 0 radical (unpaired) electrons. The molecule has 1 aliphatic heterocycles. The Morgan fingerprint density at radius 2 is 2.04 bits per heavy atom. The highest BCUT2D eigenvalue weighted by molar-refractivity contribution is 7.19. The van der Waals surface area contributed by atoms with Gasteiger partial charge >= 0.3 is 0 Å². The van der Waals surface area contributed by atoms with Gasteiger partial charge in [0, 0.05) is 42.7 Å². The van der Waals surface area contributed by atoms with E-state index in [2.05, 4.69) is 16.5 Å². The molecule has 134 valence electrons. The highest BCUT2D eigenvalue weighted by Crippen LogP contribution is 2.46. The normalized spacial score (nSPS) is 12.9. The summed E-state index contributed by atoms with van der Waals surface area (Å²) < 4.78 is 5.68. The van der Waals surface area contributed by atoms with Gasteiger partial charge in [-0.1, -0.05) is 29.8 Å². The Kier molecular flexibility index (Phi) is 4.22. The number of nitrogen functional groups attached to an aromatic ring is 1. The van der Waals surface area contributed by atoms with Crippen molar-refractivity contribution in [1.82, 2.24) is 14.9 Å². The first-order valence-electron chi connectivity index (χ1n) is 7.94. The summed E-state index contributed by atoms with van der Waals surface area (Å²) in [6.07, 6.45) is 0.720. The van der Waals surface area contributed by atoms with E-state index < -0.39 is 0 Å². The molecule has 0 bridgehead atoms. The van der Waals surface area contributed by atoms with E-state index in [4.69, 9.17) is 33.7 Å². The van der Waals surface area contributed by atoms with Crippen molar-refractivity contribution >= 4 is 56.4 Å². The minimum Gasteiger partial charge on any atom is -0.491 e. The summed E-state index contributed by atoms with van der Waals surface area (Å²) in [5.74, 6) is 0.875. The topological polar surface area (TPSA) is 64.3 Å². The van der Waals surface area contributed by atoms with Crippen LogP contribution in [0, 0.1) is 0 Å². The minimum absolute atomic E-state index is 0.204. The van der Waals surface area contributed by atoms with Crippen molar-refractivity contribution < 1.29 is 4.74 Å². The Balaban J connectivity index is 2.01. The first kappa shape index (κ1) is 17.4. The molecule has 1 aromatic carbocycles. The predicted octanol–water partition coefficient (Wildman–Crippen LogP) is 4.71. The number of nitrogens with zero attached hydrogens (tertiary/aromatic N) is 3. The van der Waals surface area contributed by atoms with Gasteiger partial charge in [-0.3, -0.25) is 0 Å². The fourth-order valence-corrected chi connectivity index (χ4v) is 4.78. The number of nitrogens with two attached hydrogens (primary N) is 1. The number of hydrogen-bond donors (Lipinski definition) is 1. The maximum atomic E-state index is 6.56. The van der Waals surface area contributed by atoms with Crippen molar-refractivity contribution in [3.63, 3.8) is 0 Å². The molecule has 8 heteroatoms. The quantitative estimate of drug-likeness (QED) is 0.681. The molecule has 3 heterocycles. The number of ether oxygens (including phenoxy) is 1. The number of rotatable bonds is 3. The summed E-state index contributed by atoms with van der Waals surface area (Å²) in [7, 11) is 3.90. The van der Waals surface area contributed by atoms with Crippen LogP contribution in [-0.2, 0) is 6.42 Å². The zero-order chi connectivity index (χ0) is 18.6. The molecule has 1 aliphatic rings. The van der Waals surface area contributed by atoms with Crippen LogP contribution in [0.2, 0.25) is 10.0 Å². The van der Waals surface area contributed by atoms with Gasteiger partial charge in [0.15, 0.2) is 0 Å². The lowest BCUT2D eigenvalue weighted by Crippen LogP contribution is -2.07. The predicted molar refractivity (Wildman–Crippen MR) is 109 cm³/mol. The zero-order valence-electron chi connectivity index (χ0n) is 14.3. The summed E-state index contributed by atoms with van der Waals surface area (Å²) in [5.41, 5.74) is 9.35. The van der Waals surface area contributed by atoms with Gasteiger partial charge in [-0.05, 0) is 12.1 Å². The molecule has 4 rings (SSSR count). The maximum absolute atomic E-state index is 6.56. The molecule has 26 heavy (non-hydrogen) atoms. The minimum atomic E-state index is 0.204. The van der Waals surface area contributed by atoms with E-state index in [1.54, 1.807) is 6.07 Å². The second-order valence-corrected chi connectivity index (χ2v) is 8.07. The van der Waals surface area contributed by atoms with Crippen LogP contribution in [0.5, 0.6) is 5.75 Å². The van der Waals surface area contributed by atoms with Crippen LogP contribution >= 0.6 is 34.5 Å². The summed E-state index contributed by atoms with van der Waals surface area (Å²) >= 11 is 14.4. The Morgan fingerprint density at radius 3 is 2.77 bits per heavy atom. The third kappa shape index (κ3) is 2.69. The van der Waals surface area contributed by atoms with E-state index in [9.17, 15) is 0 Å². The van der Waals surface area contributed by atoms with Crippen LogP contribution in [0.4, 0.5) is 5.95 Å². The van der Waals surface area contributed by atoms with E-state index in [0.29, 0.717) is 28.1 Å². The molecular weight excluding hydrogens is 391 g/mol. The zero-order valence-corrected chi connectivity index (χ0v) is 16.6. The van der Waals surface area contributed by atoms with Crippen molar-refractivity contribution in [2.24, 2.45) is 0 Å². The standard InChI is InChI=1S/C18H16Cl2N4OS/c1-8(24(2)3)13-6-10-15(22-18(21)23-17(10)26-13)14-9-4-5-25-16(9)12(20)7-11(14)19/h6-7H,1,4-5H2,2-3H3,(H2,21,22,23).